The van der Waals surface area contributed by atoms with Crippen molar-refractivity contribution in [3.05, 3.63) is 33.0 Å². The van der Waals surface area contributed by atoms with Crippen molar-refractivity contribution in [3.63, 3.8) is 0 Å². The van der Waals surface area contributed by atoms with E-state index in [9.17, 15) is 9.50 Å². The monoisotopic (exact) mass is 279 g/mol. The maximum Gasteiger partial charge on any atom is 0.149 e. The maximum absolute atomic E-state index is 13.6. The molecule has 5 heteroatoms. The smallest absolute Gasteiger partial charge is 0.149 e. The van der Waals surface area contributed by atoms with Crippen LogP contribution < -0.4 is 5.32 Å². The van der Waals surface area contributed by atoms with Crippen LogP contribution in [0, 0.1) is 5.82 Å². The number of hydrogen-bond donors (Lipinski definition) is 2. The zero-order valence-electron chi connectivity index (χ0n) is 7.15. The molecule has 0 saturated carbocycles. The lowest BCUT2D eigenvalue weighted by atomic mass is 9.88. The molecule has 2 rings (SSSR count). The molecule has 0 bridgehead atoms. The minimum atomic E-state index is -1.13. The Kier molecular flexibility index (Phi) is 2.55. The van der Waals surface area contributed by atoms with Gasteiger partial charge in [0, 0.05) is 23.1 Å². The summed E-state index contributed by atoms with van der Waals surface area (Å²) in [4.78, 5) is 0. The molecule has 76 valence electrons. The molecule has 1 aliphatic rings. The first-order chi connectivity index (χ1) is 6.54. The normalized spacial score (nSPS) is 19.1. The van der Waals surface area contributed by atoms with Crippen LogP contribution in [0.1, 0.15) is 5.56 Å². The minimum Gasteiger partial charge on any atom is -0.382 e. The fraction of sp³-hybridized carbons (Fsp3) is 0.333. The quantitative estimate of drug-likeness (QED) is 0.772. The maximum atomic E-state index is 13.6. The standard InChI is InChI=1S/C9H8BrClFNO/c10-5-1-2-6(11)8(12)7(5)9(14)3-13-4-9/h1-2,13-14H,3-4H2. The topological polar surface area (TPSA) is 32.3 Å². The second-order valence-corrected chi connectivity index (χ2v) is 4.61. The average Bonchev–Trinajstić information content (AvgIpc) is 2.09. The molecule has 2 nitrogen and oxygen atoms in total. The number of aliphatic hydroxyl groups is 1. The second-order valence-electron chi connectivity index (χ2n) is 3.35. The van der Waals surface area contributed by atoms with Gasteiger partial charge in [0.2, 0.25) is 0 Å². The van der Waals surface area contributed by atoms with Crippen LogP contribution in [-0.2, 0) is 5.60 Å². The second kappa shape index (κ2) is 3.45. The van der Waals surface area contributed by atoms with Gasteiger partial charge < -0.3 is 10.4 Å². The van der Waals surface area contributed by atoms with Crippen molar-refractivity contribution in [2.24, 2.45) is 0 Å². The molecule has 14 heavy (non-hydrogen) atoms. The third-order valence-corrected chi connectivity index (χ3v) is 3.30. The van der Waals surface area contributed by atoms with E-state index in [-0.39, 0.29) is 10.6 Å². The molecule has 0 aliphatic carbocycles. The van der Waals surface area contributed by atoms with E-state index >= 15 is 0 Å². The molecule has 1 aliphatic heterocycles. The van der Waals surface area contributed by atoms with Crippen molar-refractivity contribution in [1.29, 1.82) is 0 Å². The number of hydrogen-bond acceptors (Lipinski definition) is 2. The number of β-amino-alcohol motifs (C(OH)–C–C–N with tert-alkyl or cyclic N) is 1. The molecule has 0 radical (unpaired) electrons. The van der Waals surface area contributed by atoms with Gasteiger partial charge in [-0.2, -0.15) is 0 Å². The molecule has 1 fully saturated rings. The van der Waals surface area contributed by atoms with E-state index in [1.165, 1.54) is 6.07 Å². The summed E-state index contributed by atoms with van der Waals surface area (Å²) >= 11 is 8.85. The third-order valence-electron chi connectivity index (χ3n) is 2.34. The SMILES string of the molecule is OC1(c2c(Br)ccc(Cl)c2F)CNC1. The first-order valence-electron chi connectivity index (χ1n) is 4.12. The van der Waals surface area contributed by atoms with Gasteiger partial charge in [-0.1, -0.05) is 27.5 Å². The van der Waals surface area contributed by atoms with E-state index in [0.717, 1.165) is 0 Å². The molecular weight excluding hydrogens is 272 g/mol. The summed E-state index contributed by atoms with van der Waals surface area (Å²) in [6.45, 7) is 0.700. The van der Waals surface area contributed by atoms with Gasteiger partial charge in [0.1, 0.15) is 11.4 Å². The van der Waals surface area contributed by atoms with Gasteiger partial charge in [-0.15, -0.1) is 0 Å². The number of halogens is 3. The van der Waals surface area contributed by atoms with Gasteiger partial charge in [0.15, 0.2) is 0 Å². The van der Waals surface area contributed by atoms with Crippen molar-refractivity contribution in [2.45, 2.75) is 5.60 Å². The van der Waals surface area contributed by atoms with Crippen LogP contribution in [0.4, 0.5) is 4.39 Å². The predicted octanol–water partition coefficient (Wildman–Crippen LogP) is 2.03. The summed E-state index contributed by atoms with van der Waals surface area (Å²) < 4.78 is 14.2. The fourth-order valence-electron chi connectivity index (χ4n) is 1.49. The largest absolute Gasteiger partial charge is 0.382 e. The zero-order chi connectivity index (χ0) is 10.3. The van der Waals surface area contributed by atoms with Gasteiger partial charge in [-0.25, -0.2) is 4.39 Å². The molecule has 1 aromatic rings. The Morgan fingerprint density at radius 2 is 2.14 bits per heavy atom. The molecule has 0 aromatic heterocycles. The minimum absolute atomic E-state index is 0.0310. The molecule has 2 N–H and O–H groups in total. The van der Waals surface area contributed by atoms with E-state index in [1.807, 2.05) is 0 Å². The van der Waals surface area contributed by atoms with E-state index < -0.39 is 11.4 Å². The molecule has 1 saturated heterocycles. The number of benzene rings is 1. The highest BCUT2D eigenvalue weighted by atomic mass is 79.9. The Bertz CT molecular complexity index is 381. The molecule has 1 heterocycles. The Balaban J connectivity index is 2.56. The van der Waals surface area contributed by atoms with Gasteiger partial charge in [-0.05, 0) is 12.1 Å². The van der Waals surface area contributed by atoms with Gasteiger partial charge in [-0.3, -0.25) is 0 Å². The van der Waals surface area contributed by atoms with Crippen molar-refractivity contribution in [3.8, 4) is 0 Å². The molecular formula is C9H8BrClFNO. The number of nitrogens with one attached hydrogen (secondary N) is 1. The summed E-state index contributed by atoms with van der Waals surface area (Å²) in [6.07, 6.45) is 0. The Hall–Kier alpha value is -0.160. The fourth-order valence-corrected chi connectivity index (χ4v) is 2.32. The predicted molar refractivity (Wildman–Crippen MR) is 55.9 cm³/mol. The molecule has 0 unspecified atom stereocenters. The Labute approximate surface area is 94.2 Å². The van der Waals surface area contributed by atoms with Crippen LogP contribution in [0.5, 0.6) is 0 Å². The lowest BCUT2D eigenvalue weighted by molar-refractivity contribution is -0.0183. The summed E-state index contributed by atoms with van der Waals surface area (Å²) in [6, 6.07) is 3.09. The highest BCUT2D eigenvalue weighted by Crippen LogP contribution is 2.36. The van der Waals surface area contributed by atoms with Crippen LogP contribution in [0.3, 0.4) is 0 Å². The summed E-state index contributed by atoms with van der Waals surface area (Å²) in [7, 11) is 0. The Morgan fingerprint density at radius 3 is 2.64 bits per heavy atom. The molecule has 0 atom stereocenters. The lowest BCUT2D eigenvalue weighted by Crippen LogP contribution is -2.57. The lowest BCUT2D eigenvalue weighted by Gasteiger charge is -2.38. The summed E-state index contributed by atoms with van der Waals surface area (Å²) in [5.41, 5.74) is -0.892. The van der Waals surface area contributed by atoms with Crippen molar-refractivity contribution in [1.82, 2.24) is 5.32 Å². The van der Waals surface area contributed by atoms with E-state index in [2.05, 4.69) is 21.2 Å². The van der Waals surface area contributed by atoms with Gasteiger partial charge >= 0.3 is 0 Å². The molecule has 0 spiro atoms. The first-order valence-corrected chi connectivity index (χ1v) is 5.29. The number of rotatable bonds is 1. The van der Waals surface area contributed by atoms with Crippen LogP contribution in [-0.4, -0.2) is 18.2 Å². The van der Waals surface area contributed by atoms with Crippen molar-refractivity contribution >= 4 is 27.5 Å². The summed E-state index contributed by atoms with van der Waals surface area (Å²) in [5.74, 6) is -0.551. The van der Waals surface area contributed by atoms with Crippen molar-refractivity contribution in [2.75, 3.05) is 13.1 Å². The summed E-state index contributed by atoms with van der Waals surface area (Å²) in [5, 5.41) is 12.9. The third kappa shape index (κ3) is 1.46. The van der Waals surface area contributed by atoms with Crippen LogP contribution in [0.15, 0.2) is 16.6 Å². The van der Waals surface area contributed by atoms with E-state index in [0.29, 0.717) is 17.6 Å². The van der Waals surface area contributed by atoms with Crippen LogP contribution in [0.25, 0.3) is 0 Å². The highest BCUT2D eigenvalue weighted by molar-refractivity contribution is 9.10. The van der Waals surface area contributed by atoms with Gasteiger partial charge in [0.25, 0.3) is 0 Å². The van der Waals surface area contributed by atoms with Crippen molar-refractivity contribution < 1.29 is 9.50 Å². The zero-order valence-corrected chi connectivity index (χ0v) is 9.49. The van der Waals surface area contributed by atoms with Crippen LogP contribution >= 0.6 is 27.5 Å². The van der Waals surface area contributed by atoms with Crippen LogP contribution in [0.2, 0.25) is 5.02 Å². The highest BCUT2D eigenvalue weighted by Gasteiger charge is 2.40. The molecule has 0 amide bonds. The Morgan fingerprint density at radius 1 is 1.50 bits per heavy atom. The van der Waals surface area contributed by atoms with E-state index in [4.69, 9.17) is 11.6 Å². The molecule has 1 aromatic carbocycles. The van der Waals surface area contributed by atoms with Gasteiger partial charge in [0.05, 0.1) is 5.02 Å². The van der Waals surface area contributed by atoms with E-state index in [1.54, 1.807) is 6.07 Å². The average molecular weight is 281 g/mol. The first kappa shape index (κ1) is 10.4.